The Morgan fingerprint density at radius 1 is 1.27 bits per heavy atom. The summed E-state index contributed by atoms with van der Waals surface area (Å²) >= 11 is 0. The number of hydrogen-bond donors (Lipinski definition) is 0. The molecule has 120 valence electrons. The van der Waals surface area contributed by atoms with E-state index in [0.29, 0.717) is 0 Å². The molecule has 1 aromatic rings. The van der Waals surface area contributed by atoms with Gasteiger partial charge in [0.1, 0.15) is 5.82 Å². The van der Waals surface area contributed by atoms with Gasteiger partial charge in [0.2, 0.25) is 5.91 Å². The summed E-state index contributed by atoms with van der Waals surface area (Å²) in [6.45, 7) is 7.98. The highest BCUT2D eigenvalue weighted by Gasteiger charge is 2.26. The molecule has 2 saturated heterocycles. The first-order valence-corrected chi connectivity index (χ1v) is 8.23. The van der Waals surface area contributed by atoms with Gasteiger partial charge < -0.3 is 14.5 Å². The van der Waals surface area contributed by atoms with Crippen LogP contribution in [0.4, 0.5) is 5.82 Å². The van der Waals surface area contributed by atoms with Crippen LogP contribution in [0.2, 0.25) is 0 Å². The first-order chi connectivity index (χ1) is 10.7. The third-order valence-corrected chi connectivity index (χ3v) is 4.67. The van der Waals surface area contributed by atoms with Gasteiger partial charge >= 0.3 is 0 Å². The Morgan fingerprint density at radius 2 is 2.05 bits per heavy atom. The Hall–Kier alpha value is -1.62. The molecule has 2 aliphatic heterocycles. The Morgan fingerprint density at radius 3 is 2.73 bits per heavy atom. The highest BCUT2D eigenvalue weighted by atomic mass is 16.5. The number of rotatable bonds is 2. The molecule has 22 heavy (non-hydrogen) atoms. The number of anilines is 1. The van der Waals surface area contributed by atoms with Crippen molar-refractivity contribution in [3.05, 3.63) is 23.4 Å². The maximum atomic E-state index is 11.9. The van der Waals surface area contributed by atoms with E-state index in [0.717, 1.165) is 51.5 Å². The molecule has 3 heterocycles. The Bertz CT molecular complexity index is 541. The smallest absolute Gasteiger partial charge is 0.219 e. The number of aromatic nitrogens is 1. The quantitative estimate of drug-likeness (QED) is 0.841. The maximum absolute atomic E-state index is 11.9. The first-order valence-electron chi connectivity index (χ1n) is 8.23. The van der Waals surface area contributed by atoms with E-state index in [2.05, 4.69) is 17.9 Å². The van der Waals surface area contributed by atoms with Crippen molar-refractivity contribution in [2.24, 2.45) is 0 Å². The predicted octanol–water partition coefficient (Wildman–Crippen LogP) is 2.30. The Balaban J connectivity index is 1.82. The van der Waals surface area contributed by atoms with Crippen LogP contribution in [0.1, 0.15) is 43.4 Å². The van der Waals surface area contributed by atoms with Crippen molar-refractivity contribution in [2.45, 2.75) is 39.2 Å². The Kier molecular flexibility index (Phi) is 4.62. The molecule has 0 saturated carbocycles. The van der Waals surface area contributed by atoms with E-state index in [1.54, 1.807) is 6.92 Å². The molecule has 1 aromatic heterocycles. The summed E-state index contributed by atoms with van der Waals surface area (Å²) in [6, 6.07) is 2.40. The fourth-order valence-corrected chi connectivity index (χ4v) is 3.53. The van der Waals surface area contributed by atoms with Gasteiger partial charge in [-0.15, -0.1) is 0 Å². The molecule has 0 radical (unpaired) electrons. The van der Waals surface area contributed by atoms with Gasteiger partial charge in [0.15, 0.2) is 0 Å². The molecule has 2 aliphatic rings. The minimum atomic E-state index is 0.166. The van der Waals surface area contributed by atoms with Crippen molar-refractivity contribution in [1.29, 1.82) is 0 Å². The summed E-state index contributed by atoms with van der Waals surface area (Å²) in [7, 11) is 0. The van der Waals surface area contributed by atoms with E-state index < -0.39 is 0 Å². The molecule has 3 rings (SSSR count). The van der Waals surface area contributed by atoms with Crippen LogP contribution in [0, 0.1) is 6.92 Å². The number of amides is 1. The fourth-order valence-electron chi connectivity index (χ4n) is 3.53. The van der Waals surface area contributed by atoms with Crippen LogP contribution in [0.3, 0.4) is 0 Å². The molecule has 1 atom stereocenters. The number of carbonyl (C=O) groups is 1. The second kappa shape index (κ2) is 6.65. The van der Waals surface area contributed by atoms with Crippen LogP contribution in [0.5, 0.6) is 0 Å². The van der Waals surface area contributed by atoms with Crippen LogP contribution >= 0.6 is 0 Å². The average Bonchev–Trinajstić information content (AvgIpc) is 2.55. The zero-order valence-corrected chi connectivity index (χ0v) is 13.5. The second-order valence-corrected chi connectivity index (χ2v) is 6.23. The zero-order chi connectivity index (χ0) is 15.5. The number of hydrogen-bond acceptors (Lipinski definition) is 4. The lowest BCUT2D eigenvalue weighted by atomic mass is 9.95. The van der Waals surface area contributed by atoms with Crippen LogP contribution in [0.15, 0.2) is 12.3 Å². The molecule has 0 aliphatic carbocycles. The summed E-state index contributed by atoms with van der Waals surface area (Å²) in [5.41, 5.74) is 2.36. The molecule has 0 spiro atoms. The van der Waals surface area contributed by atoms with E-state index >= 15 is 0 Å². The summed E-state index contributed by atoms with van der Waals surface area (Å²) in [4.78, 5) is 20.8. The SMILES string of the molecule is CC(=O)N1CCCC[C@H]1c1cnc(N2CCOCC2)c(C)c1. The highest BCUT2D eigenvalue weighted by molar-refractivity contribution is 5.74. The zero-order valence-electron chi connectivity index (χ0n) is 13.5. The molecule has 0 aromatic carbocycles. The molecule has 5 heteroatoms. The van der Waals surface area contributed by atoms with Crippen molar-refractivity contribution in [1.82, 2.24) is 9.88 Å². The second-order valence-electron chi connectivity index (χ2n) is 6.23. The number of piperidine rings is 1. The number of ether oxygens (including phenoxy) is 1. The molecular formula is C17H25N3O2. The van der Waals surface area contributed by atoms with Crippen molar-refractivity contribution < 1.29 is 9.53 Å². The van der Waals surface area contributed by atoms with E-state index in [1.807, 2.05) is 11.1 Å². The van der Waals surface area contributed by atoms with Crippen molar-refractivity contribution >= 4 is 11.7 Å². The van der Waals surface area contributed by atoms with Gasteiger partial charge in [-0.2, -0.15) is 0 Å². The number of nitrogens with zero attached hydrogens (tertiary/aromatic N) is 3. The maximum Gasteiger partial charge on any atom is 0.219 e. The molecule has 1 amide bonds. The lowest BCUT2D eigenvalue weighted by Gasteiger charge is -2.36. The van der Waals surface area contributed by atoms with E-state index in [1.165, 1.54) is 17.5 Å². The van der Waals surface area contributed by atoms with Gasteiger partial charge in [-0.1, -0.05) is 0 Å². The fraction of sp³-hybridized carbons (Fsp3) is 0.647. The topological polar surface area (TPSA) is 45.7 Å². The van der Waals surface area contributed by atoms with E-state index in [9.17, 15) is 4.79 Å². The predicted molar refractivity (Wildman–Crippen MR) is 86.0 cm³/mol. The van der Waals surface area contributed by atoms with Gasteiger partial charge in [-0.05, 0) is 43.4 Å². The largest absolute Gasteiger partial charge is 0.378 e. The molecule has 0 unspecified atom stereocenters. The van der Waals surface area contributed by atoms with E-state index in [4.69, 9.17) is 9.72 Å². The van der Waals surface area contributed by atoms with Gasteiger partial charge in [-0.25, -0.2) is 4.98 Å². The summed E-state index contributed by atoms with van der Waals surface area (Å²) in [6.07, 6.45) is 5.29. The van der Waals surface area contributed by atoms with E-state index in [-0.39, 0.29) is 11.9 Å². The number of aryl methyl sites for hydroxylation is 1. The molecule has 0 bridgehead atoms. The summed E-state index contributed by atoms with van der Waals surface area (Å²) in [5.74, 6) is 1.22. The Labute approximate surface area is 132 Å². The van der Waals surface area contributed by atoms with Crippen LogP contribution in [0.25, 0.3) is 0 Å². The third kappa shape index (κ3) is 3.09. The average molecular weight is 303 g/mol. The lowest BCUT2D eigenvalue weighted by molar-refractivity contribution is -0.132. The number of pyridine rings is 1. The van der Waals surface area contributed by atoms with Crippen LogP contribution in [-0.2, 0) is 9.53 Å². The minimum absolute atomic E-state index is 0.166. The minimum Gasteiger partial charge on any atom is -0.378 e. The molecule has 0 N–H and O–H groups in total. The summed E-state index contributed by atoms with van der Waals surface area (Å²) in [5, 5.41) is 0. The van der Waals surface area contributed by atoms with Crippen molar-refractivity contribution in [3.8, 4) is 0 Å². The van der Waals surface area contributed by atoms with Crippen molar-refractivity contribution in [3.63, 3.8) is 0 Å². The number of morpholine rings is 1. The lowest BCUT2D eigenvalue weighted by Crippen LogP contribution is -2.38. The molecule has 2 fully saturated rings. The summed E-state index contributed by atoms with van der Waals surface area (Å²) < 4.78 is 5.41. The third-order valence-electron chi connectivity index (χ3n) is 4.67. The van der Waals surface area contributed by atoms with Gasteiger partial charge in [-0.3, -0.25) is 4.79 Å². The van der Waals surface area contributed by atoms with Crippen LogP contribution < -0.4 is 4.90 Å². The molecule has 5 nitrogen and oxygen atoms in total. The number of carbonyl (C=O) groups excluding carboxylic acids is 1. The normalized spacial score (nSPS) is 22.7. The highest BCUT2D eigenvalue weighted by Crippen LogP contribution is 2.32. The van der Waals surface area contributed by atoms with Gasteiger partial charge in [0.05, 0.1) is 19.3 Å². The molecular weight excluding hydrogens is 278 g/mol. The number of likely N-dealkylation sites (tertiary alicyclic amines) is 1. The van der Waals surface area contributed by atoms with Gasteiger partial charge in [0.25, 0.3) is 0 Å². The van der Waals surface area contributed by atoms with Crippen LogP contribution in [-0.4, -0.2) is 48.6 Å². The van der Waals surface area contributed by atoms with Gasteiger partial charge in [0, 0.05) is 32.8 Å². The standard InChI is InChI=1S/C17H25N3O2/c1-13-11-15(16-5-3-4-6-20(16)14(2)21)12-18-17(13)19-7-9-22-10-8-19/h11-12,16H,3-10H2,1-2H3/t16-/m0/s1. The monoisotopic (exact) mass is 303 g/mol. The first kappa shape index (κ1) is 15.3. The van der Waals surface area contributed by atoms with Crippen molar-refractivity contribution in [2.75, 3.05) is 37.7 Å².